The smallest absolute Gasteiger partial charge is 0.307 e. The molecule has 4 rings (SSSR count). The Morgan fingerprint density at radius 1 is 1.08 bits per heavy atom. The molecule has 4 aromatic rings. The number of hydrogen-bond acceptors (Lipinski definition) is 5. The van der Waals surface area contributed by atoms with Crippen molar-refractivity contribution in [1.82, 2.24) is 4.98 Å². The van der Waals surface area contributed by atoms with Crippen molar-refractivity contribution in [3.8, 4) is 5.75 Å². The molecule has 0 aliphatic carbocycles. The number of carboxylic acids is 1. The van der Waals surface area contributed by atoms with Crippen LogP contribution in [0.3, 0.4) is 0 Å². The van der Waals surface area contributed by atoms with Crippen LogP contribution in [-0.2, 0) is 28.2 Å². The number of thioether (sulfide) groups is 1. The number of hydrogen-bond donors (Lipinski definition) is 3. The van der Waals surface area contributed by atoms with Crippen LogP contribution >= 0.6 is 11.8 Å². The maximum absolute atomic E-state index is 12.9. The summed E-state index contributed by atoms with van der Waals surface area (Å²) >= 11 is 1.61. The van der Waals surface area contributed by atoms with Gasteiger partial charge in [0.15, 0.2) is 0 Å². The van der Waals surface area contributed by atoms with Gasteiger partial charge in [0.25, 0.3) is 0 Å². The molecule has 0 saturated carbocycles. The fourth-order valence-corrected chi connectivity index (χ4v) is 5.14. The minimum absolute atomic E-state index is 0.0291. The fourth-order valence-electron chi connectivity index (χ4n) is 4.17. The number of H-pyrrole nitrogens is 1. The summed E-state index contributed by atoms with van der Waals surface area (Å²) in [6, 6.07) is 22.3. The van der Waals surface area contributed by atoms with Gasteiger partial charge in [-0.05, 0) is 60.0 Å². The number of benzene rings is 3. The van der Waals surface area contributed by atoms with Gasteiger partial charge in [0, 0.05) is 40.0 Å². The van der Waals surface area contributed by atoms with Crippen molar-refractivity contribution in [2.75, 3.05) is 19.1 Å². The summed E-state index contributed by atoms with van der Waals surface area (Å²) in [5.74, 6) is 0.299. The number of likely N-dealkylation sites (N-methyl/N-ethyl adjacent to an activating group) is 1. The number of carbonyl (C=O) groups is 2. The van der Waals surface area contributed by atoms with Gasteiger partial charge in [0.05, 0.1) is 19.6 Å². The van der Waals surface area contributed by atoms with E-state index in [0.29, 0.717) is 12.2 Å². The molecule has 1 amide bonds. The highest BCUT2D eigenvalue weighted by Crippen LogP contribution is 2.30. The first kappa shape index (κ1) is 25.3. The van der Waals surface area contributed by atoms with Crippen molar-refractivity contribution in [2.45, 2.75) is 29.5 Å². The quantitative estimate of drug-likeness (QED) is 0.272. The standard InChI is InChI=1S/C28H29N3O4S/c1-31(19-10-12-20(35-2)13-11-19)28(34)24(29)15-18-6-5-7-21(14-18)36-17-26-23(16-27(32)33)22-8-3-4-9-25(22)30-26/h3-14,24,30H,15-17,29H2,1-2H3,(H,32,33). The number of para-hydroxylation sites is 1. The highest BCUT2D eigenvalue weighted by Gasteiger charge is 2.20. The number of anilines is 1. The second kappa shape index (κ2) is 11.3. The first-order chi connectivity index (χ1) is 17.4. The lowest BCUT2D eigenvalue weighted by molar-refractivity contribution is -0.136. The number of nitrogens with two attached hydrogens (primary N) is 1. The second-order valence-electron chi connectivity index (χ2n) is 8.54. The van der Waals surface area contributed by atoms with E-state index in [-0.39, 0.29) is 12.3 Å². The van der Waals surface area contributed by atoms with E-state index in [2.05, 4.69) is 4.98 Å². The fraction of sp³-hybridized carbons (Fsp3) is 0.214. The minimum Gasteiger partial charge on any atom is -0.497 e. The van der Waals surface area contributed by atoms with Gasteiger partial charge in [0.2, 0.25) is 5.91 Å². The third-order valence-electron chi connectivity index (χ3n) is 6.07. The van der Waals surface area contributed by atoms with Gasteiger partial charge in [-0.1, -0.05) is 30.3 Å². The summed E-state index contributed by atoms with van der Waals surface area (Å²) in [6.07, 6.45) is 0.378. The summed E-state index contributed by atoms with van der Waals surface area (Å²) in [5.41, 5.74) is 10.6. The molecule has 186 valence electrons. The van der Waals surface area contributed by atoms with E-state index in [1.54, 1.807) is 43.0 Å². The monoisotopic (exact) mass is 503 g/mol. The third-order valence-corrected chi connectivity index (χ3v) is 7.10. The number of carbonyl (C=O) groups excluding carboxylic acids is 1. The van der Waals surface area contributed by atoms with Crippen molar-refractivity contribution < 1.29 is 19.4 Å². The van der Waals surface area contributed by atoms with Crippen molar-refractivity contribution in [1.29, 1.82) is 0 Å². The normalized spacial score (nSPS) is 11.9. The van der Waals surface area contributed by atoms with Gasteiger partial charge in [-0.3, -0.25) is 9.59 Å². The van der Waals surface area contributed by atoms with E-state index in [1.165, 1.54) is 0 Å². The zero-order chi connectivity index (χ0) is 25.7. The van der Waals surface area contributed by atoms with Gasteiger partial charge < -0.3 is 25.5 Å². The predicted molar refractivity (Wildman–Crippen MR) is 144 cm³/mol. The average Bonchev–Trinajstić information content (AvgIpc) is 3.23. The Balaban J connectivity index is 1.42. The predicted octanol–water partition coefficient (Wildman–Crippen LogP) is 4.63. The van der Waals surface area contributed by atoms with E-state index in [4.69, 9.17) is 10.5 Å². The number of ether oxygens (including phenoxy) is 1. The Hall–Kier alpha value is -3.75. The van der Waals surface area contributed by atoms with Crippen LogP contribution in [0.1, 0.15) is 16.8 Å². The van der Waals surface area contributed by atoms with Crippen LogP contribution in [0, 0.1) is 0 Å². The Labute approximate surface area is 214 Å². The maximum Gasteiger partial charge on any atom is 0.307 e. The lowest BCUT2D eigenvalue weighted by Gasteiger charge is -2.22. The Bertz CT molecular complexity index is 1370. The molecule has 0 spiro atoms. The van der Waals surface area contributed by atoms with E-state index >= 15 is 0 Å². The SMILES string of the molecule is COc1ccc(N(C)C(=O)C(N)Cc2cccc(SCc3[nH]c4ccccc4c3CC(=O)O)c2)cc1. The molecule has 1 unspecified atom stereocenters. The van der Waals surface area contributed by atoms with Gasteiger partial charge in [0.1, 0.15) is 5.75 Å². The highest BCUT2D eigenvalue weighted by atomic mass is 32.2. The molecule has 3 aromatic carbocycles. The third kappa shape index (κ3) is 5.90. The van der Waals surface area contributed by atoms with Crippen LogP contribution in [0.4, 0.5) is 5.69 Å². The first-order valence-corrected chi connectivity index (χ1v) is 12.5. The lowest BCUT2D eigenvalue weighted by Crippen LogP contribution is -2.43. The molecule has 36 heavy (non-hydrogen) atoms. The van der Waals surface area contributed by atoms with Crippen molar-refractivity contribution >= 4 is 40.2 Å². The van der Waals surface area contributed by atoms with Gasteiger partial charge in [-0.2, -0.15) is 0 Å². The topological polar surface area (TPSA) is 109 Å². The molecule has 0 saturated heterocycles. The van der Waals surface area contributed by atoms with Crippen LogP contribution in [-0.4, -0.2) is 42.2 Å². The van der Waals surface area contributed by atoms with Gasteiger partial charge in [-0.25, -0.2) is 0 Å². The molecule has 1 aromatic heterocycles. The number of nitrogens with zero attached hydrogens (tertiary/aromatic N) is 1. The van der Waals surface area contributed by atoms with E-state index in [9.17, 15) is 14.7 Å². The Morgan fingerprint density at radius 2 is 1.83 bits per heavy atom. The van der Waals surface area contributed by atoms with Crippen LogP contribution in [0.25, 0.3) is 10.9 Å². The summed E-state index contributed by atoms with van der Waals surface area (Å²) < 4.78 is 5.18. The maximum atomic E-state index is 12.9. The summed E-state index contributed by atoms with van der Waals surface area (Å²) in [4.78, 5) is 30.3. The molecular weight excluding hydrogens is 474 g/mol. The van der Waals surface area contributed by atoms with Gasteiger partial charge in [-0.15, -0.1) is 11.8 Å². The molecule has 0 aliphatic heterocycles. The minimum atomic E-state index is -0.855. The number of aliphatic carboxylic acids is 1. The Morgan fingerprint density at radius 3 is 2.56 bits per heavy atom. The van der Waals surface area contributed by atoms with Crippen molar-refractivity contribution in [2.24, 2.45) is 5.73 Å². The number of amides is 1. The molecule has 0 radical (unpaired) electrons. The molecule has 0 aliphatic rings. The zero-order valence-corrected chi connectivity index (χ0v) is 21.0. The van der Waals surface area contributed by atoms with E-state index < -0.39 is 12.0 Å². The Kier molecular flexibility index (Phi) is 7.97. The largest absolute Gasteiger partial charge is 0.497 e. The summed E-state index contributed by atoms with van der Waals surface area (Å²) in [7, 11) is 3.31. The molecule has 8 heteroatoms. The number of aromatic amines is 1. The summed E-state index contributed by atoms with van der Waals surface area (Å²) in [6.45, 7) is 0. The zero-order valence-electron chi connectivity index (χ0n) is 20.2. The second-order valence-corrected chi connectivity index (χ2v) is 9.59. The van der Waals surface area contributed by atoms with Crippen LogP contribution in [0.5, 0.6) is 5.75 Å². The molecule has 1 heterocycles. The molecular formula is C28H29N3O4S. The number of carboxylic acid groups (broad SMARTS) is 1. The van der Waals surface area contributed by atoms with Crippen LogP contribution in [0.2, 0.25) is 0 Å². The average molecular weight is 504 g/mol. The number of methoxy groups -OCH3 is 1. The molecule has 0 bridgehead atoms. The van der Waals surface area contributed by atoms with Crippen LogP contribution < -0.4 is 15.4 Å². The van der Waals surface area contributed by atoms with Crippen molar-refractivity contribution in [3.63, 3.8) is 0 Å². The number of nitrogens with one attached hydrogen (secondary N) is 1. The van der Waals surface area contributed by atoms with Crippen LogP contribution in [0.15, 0.2) is 77.7 Å². The highest BCUT2D eigenvalue weighted by molar-refractivity contribution is 7.98. The lowest BCUT2D eigenvalue weighted by atomic mass is 10.1. The molecule has 1 atom stereocenters. The summed E-state index contributed by atoms with van der Waals surface area (Å²) in [5, 5.41) is 10.3. The molecule has 7 nitrogen and oxygen atoms in total. The van der Waals surface area contributed by atoms with E-state index in [0.717, 1.165) is 44.1 Å². The van der Waals surface area contributed by atoms with E-state index in [1.807, 2.05) is 60.7 Å². The van der Waals surface area contributed by atoms with Gasteiger partial charge >= 0.3 is 5.97 Å². The first-order valence-electron chi connectivity index (χ1n) is 11.5. The molecule has 4 N–H and O–H groups in total. The number of fused-ring (bicyclic) bond motifs is 1. The number of aromatic nitrogens is 1. The van der Waals surface area contributed by atoms with Crippen molar-refractivity contribution in [3.05, 3.63) is 89.6 Å². The molecule has 0 fully saturated rings. The number of rotatable bonds is 10.